The van der Waals surface area contributed by atoms with E-state index in [0.717, 1.165) is 74.3 Å². The van der Waals surface area contributed by atoms with Gasteiger partial charge in [0.05, 0.1) is 56.6 Å². The van der Waals surface area contributed by atoms with Crippen LogP contribution in [0.1, 0.15) is 70.0 Å². The van der Waals surface area contributed by atoms with Crippen LogP contribution < -0.4 is 15.4 Å². The van der Waals surface area contributed by atoms with E-state index in [1.807, 2.05) is 25.7 Å². The SMILES string of the molecule is COC[C@H]1C[C@@H](c2ncc(-c3ccc4c(c3)COc3cc5c6c(ccc5cc3-4)N=C([C@@H]3CC[C@H](C)N3C(=O)[C@@H](NC(=O)OC)[C@@H](C)OC)C6)[nH]2)N(C(=O)[C@@H](NC(=O)OC)C(C)C)C1. The van der Waals surface area contributed by atoms with Crippen LogP contribution in [0.15, 0.2) is 53.7 Å². The van der Waals surface area contributed by atoms with Crippen molar-refractivity contribution in [1.29, 1.82) is 0 Å². The number of hydrogen-bond acceptors (Lipinski definition) is 11. The van der Waals surface area contributed by atoms with Gasteiger partial charge in [0.25, 0.3) is 0 Å². The number of hydrogen-bond donors (Lipinski definition) is 3. The maximum absolute atomic E-state index is 14.1. The van der Waals surface area contributed by atoms with Crippen LogP contribution in [0.3, 0.4) is 0 Å². The van der Waals surface area contributed by atoms with Crippen LogP contribution in [0.4, 0.5) is 15.3 Å². The van der Waals surface area contributed by atoms with E-state index in [-0.39, 0.29) is 41.8 Å². The fraction of sp³-hybridized carbons (Fsp3) is 0.489. The van der Waals surface area contributed by atoms with Gasteiger partial charge in [0, 0.05) is 50.4 Å². The lowest BCUT2D eigenvalue weighted by Gasteiger charge is -2.34. The molecule has 4 amide bonds. The van der Waals surface area contributed by atoms with Crippen molar-refractivity contribution < 1.29 is 42.9 Å². The number of methoxy groups -OCH3 is 4. The van der Waals surface area contributed by atoms with Crippen LogP contribution in [-0.4, -0.2) is 121 Å². The molecule has 0 radical (unpaired) electrons. The molecular formula is C47H57N7O9. The minimum Gasteiger partial charge on any atom is -0.488 e. The Morgan fingerprint density at radius 2 is 1.67 bits per heavy atom. The molecule has 2 fully saturated rings. The van der Waals surface area contributed by atoms with Gasteiger partial charge < -0.3 is 49.1 Å². The molecule has 3 N–H and O–H groups in total. The van der Waals surface area contributed by atoms with Crippen LogP contribution in [0.2, 0.25) is 0 Å². The molecule has 7 atom stereocenters. The summed E-state index contributed by atoms with van der Waals surface area (Å²) in [7, 11) is 5.73. The molecule has 16 heteroatoms. The molecule has 16 nitrogen and oxygen atoms in total. The van der Waals surface area contributed by atoms with E-state index in [1.54, 1.807) is 25.1 Å². The second kappa shape index (κ2) is 18.0. The highest BCUT2D eigenvalue weighted by Crippen LogP contribution is 2.45. The topological polar surface area (TPSA) is 186 Å². The summed E-state index contributed by atoms with van der Waals surface area (Å²) in [6, 6.07) is 12.5. The van der Waals surface area contributed by atoms with Crippen LogP contribution in [0.5, 0.6) is 5.75 Å². The van der Waals surface area contributed by atoms with Crippen molar-refractivity contribution in [3.63, 3.8) is 0 Å². The number of carbonyl (C=O) groups excluding carboxylic acids is 4. The number of nitrogens with zero attached hydrogens (tertiary/aromatic N) is 4. The van der Waals surface area contributed by atoms with Crippen LogP contribution in [0, 0.1) is 11.8 Å². The quantitative estimate of drug-likeness (QED) is 0.143. The fourth-order valence-electron chi connectivity index (χ4n) is 9.75. The largest absolute Gasteiger partial charge is 0.488 e. The summed E-state index contributed by atoms with van der Waals surface area (Å²) in [6.07, 6.45) is 2.74. The zero-order valence-electron chi connectivity index (χ0n) is 37.2. The van der Waals surface area contributed by atoms with E-state index < -0.39 is 30.4 Å². The number of nitrogens with one attached hydrogen (secondary N) is 3. The van der Waals surface area contributed by atoms with Crippen LogP contribution in [0.25, 0.3) is 33.2 Å². The Balaban J connectivity index is 1.02. The summed E-state index contributed by atoms with van der Waals surface area (Å²) in [5.74, 6) is 1.00. The van der Waals surface area contributed by atoms with Gasteiger partial charge in [-0.3, -0.25) is 14.6 Å². The summed E-state index contributed by atoms with van der Waals surface area (Å²) >= 11 is 0. The van der Waals surface area contributed by atoms with Crippen molar-refractivity contribution in [1.82, 2.24) is 30.4 Å². The molecule has 0 unspecified atom stereocenters. The van der Waals surface area contributed by atoms with Gasteiger partial charge in [0.15, 0.2) is 0 Å². The number of ether oxygens (including phenoxy) is 5. The predicted octanol–water partition coefficient (Wildman–Crippen LogP) is 6.47. The highest BCUT2D eigenvalue weighted by molar-refractivity contribution is 6.06. The van der Waals surface area contributed by atoms with E-state index in [9.17, 15) is 19.2 Å². The van der Waals surface area contributed by atoms with Gasteiger partial charge in [-0.15, -0.1) is 0 Å². The lowest BCUT2D eigenvalue weighted by Crippen LogP contribution is -2.57. The maximum atomic E-state index is 14.1. The smallest absolute Gasteiger partial charge is 0.407 e. The molecule has 0 bridgehead atoms. The molecule has 0 aliphatic carbocycles. The molecular weight excluding hydrogens is 807 g/mol. The van der Waals surface area contributed by atoms with Gasteiger partial charge in [-0.1, -0.05) is 32.0 Å². The zero-order chi connectivity index (χ0) is 44.7. The van der Waals surface area contributed by atoms with Gasteiger partial charge in [0.2, 0.25) is 11.8 Å². The third-order valence-electron chi connectivity index (χ3n) is 13.2. The van der Waals surface area contributed by atoms with Crippen molar-refractivity contribution in [2.45, 2.75) is 96.3 Å². The molecule has 4 aromatic rings. The minimum absolute atomic E-state index is 0.0454. The Hall–Kier alpha value is -6.00. The molecule has 3 aromatic carbocycles. The number of fused-ring (bicyclic) bond motifs is 6. The number of alkyl carbamates (subject to hydrolysis) is 2. The number of likely N-dealkylation sites (tertiary alicyclic amines) is 2. The summed E-state index contributed by atoms with van der Waals surface area (Å²) in [6.45, 7) is 8.93. The molecule has 5 heterocycles. The normalized spacial score (nSPS) is 21.5. The molecule has 0 spiro atoms. The third-order valence-corrected chi connectivity index (χ3v) is 13.2. The van der Waals surface area contributed by atoms with E-state index >= 15 is 0 Å². The van der Waals surface area contributed by atoms with Gasteiger partial charge in [0.1, 0.15) is 30.3 Å². The van der Waals surface area contributed by atoms with Crippen LogP contribution in [-0.2, 0) is 41.6 Å². The predicted molar refractivity (Wildman–Crippen MR) is 236 cm³/mol. The monoisotopic (exact) mass is 863 g/mol. The lowest BCUT2D eigenvalue weighted by atomic mass is 9.90. The fourth-order valence-corrected chi connectivity index (χ4v) is 9.75. The van der Waals surface area contributed by atoms with E-state index in [2.05, 4.69) is 58.1 Å². The highest BCUT2D eigenvalue weighted by Gasteiger charge is 2.44. The van der Waals surface area contributed by atoms with Crippen molar-refractivity contribution >= 4 is 46.2 Å². The molecule has 4 aliphatic rings. The Morgan fingerprint density at radius 3 is 2.38 bits per heavy atom. The summed E-state index contributed by atoms with van der Waals surface area (Å²) in [5, 5.41) is 7.53. The number of imidazole rings is 1. The van der Waals surface area contributed by atoms with Crippen molar-refractivity contribution in [3.05, 3.63) is 65.6 Å². The van der Waals surface area contributed by atoms with Crippen molar-refractivity contribution in [2.75, 3.05) is 41.6 Å². The summed E-state index contributed by atoms with van der Waals surface area (Å²) in [4.78, 5) is 69.5. The third kappa shape index (κ3) is 8.33. The van der Waals surface area contributed by atoms with Crippen molar-refractivity contribution in [3.8, 4) is 28.1 Å². The number of rotatable bonds is 12. The highest BCUT2D eigenvalue weighted by atomic mass is 16.5. The maximum Gasteiger partial charge on any atom is 0.407 e. The lowest BCUT2D eigenvalue weighted by molar-refractivity contribution is -0.138. The van der Waals surface area contributed by atoms with Gasteiger partial charge >= 0.3 is 12.2 Å². The Labute approximate surface area is 367 Å². The Kier molecular flexibility index (Phi) is 12.5. The molecule has 1 aromatic heterocycles. The number of aromatic nitrogens is 2. The number of aromatic amines is 1. The molecule has 334 valence electrons. The molecule has 0 saturated carbocycles. The second-order valence-electron chi connectivity index (χ2n) is 17.4. The first-order valence-corrected chi connectivity index (χ1v) is 21.7. The zero-order valence-corrected chi connectivity index (χ0v) is 37.2. The molecule has 4 aliphatic heterocycles. The van der Waals surface area contributed by atoms with Gasteiger partial charge in [-0.2, -0.15) is 0 Å². The number of carbonyl (C=O) groups is 4. The molecule has 2 saturated heterocycles. The average Bonchev–Trinajstić information content (AvgIpc) is 4.11. The van der Waals surface area contributed by atoms with E-state index in [1.165, 1.54) is 21.3 Å². The summed E-state index contributed by atoms with van der Waals surface area (Å²) < 4.78 is 27.1. The first kappa shape index (κ1) is 43.6. The molecule has 63 heavy (non-hydrogen) atoms. The average molecular weight is 864 g/mol. The van der Waals surface area contributed by atoms with Gasteiger partial charge in [-0.05, 0) is 96.3 Å². The number of aliphatic imine (C=N–C) groups is 1. The van der Waals surface area contributed by atoms with Crippen LogP contribution >= 0.6 is 0 Å². The van der Waals surface area contributed by atoms with E-state index in [4.69, 9.17) is 33.7 Å². The van der Waals surface area contributed by atoms with E-state index in [0.29, 0.717) is 38.4 Å². The standard InChI is InChI=1S/C47H57N7O9/c1-24(2)41(51-46(57)61-7)44(55)53-21-27(22-59-5)15-39(53)43-48-20-37(50-43)29-10-12-31-30(16-29)23-63-40-19-32-28(17-34(31)40)11-13-35-33(32)18-36(49-35)38-14-9-25(3)54(38)45(56)42(26(4)60-6)52-47(58)62-8/h10-13,16-17,19-20,24-27,38-39,41-42H,9,14-15,18,21-23H2,1-8H3,(H,48,50)(H,51,57)(H,52,58)/t25-,26+,27-,38-,39-,41-,42-/m0/s1. The number of amides is 4. The first-order valence-electron chi connectivity index (χ1n) is 21.7. The Bertz CT molecular complexity index is 2450. The summed E-state index contributed by atoms with van der Waals surface area (Å²) in [5.41, 5.74) is 7.79. The second-order valence-corrected chi connectivity index (χ2v) is 17.4. The first-order chi connectivity index (χ1) is 30.3. The van der Waals surface area contributed by atoms with Gasteiger partial charge in [-0.25, -0.2) is 14.6 Å². The Morgan fingerprint density at radius 1 is 0.905 bits per heavy atom. The number of benzene rings is 3. The molecule has 8 rings (SSSR count). The number of H-pyrrole nitrogens is 1. The minimum atomic E-state index is -0.910. The van der Waals surface area contributed by atoms with Crippen molar-refractivity contribution in [2.24, 2.45) is 16.8 Å².